The first kappa shape index (κ1) is 15.2. The van der Waals surface area contributed by atoms with Crippen LogP contribution in [0.3, 0.4) is 0 Å². The number of nitrogens with one attached hydrogen (secondary N) is 1. The van der Waals surface area contributed by atoms with Crippen molar-refractivity contribution in [3.05, 3.63) is 33.8 Å². The van der Waals surface area contributed by atoms with Crippen LogP contribution in [0.15, 0.2) is 22.7 Å². The van der Waals surface area contributed by atoms with Crippen molar-refractivity contribution in [3.8, 4) is 0 Å². The molecule has 2 N–H and O–H groups in total. The van der Waals surface area contributed by atoms with Crippen molar-refractivity contribution in [1.29, 1.82) is 0 Å². The van der Waals surface area contributed by atoms with Crippen LogP contribution in [0.2, 0.25) is 0 Å². The third-order valence-corrected chi connectivity index (χ3v) is 3.61. The van der Waals surface area contributed by atoms with E-state index in [0.29, 0.717) is 13.1 Å². The molecule has 0 saturated heterocycles. The number of carboxylic acid groups (broad SMARTS) is 1. The van der Waals surface area contributed by atoms with E-state index in [4.69, 9.17) is 5.11 Å². The van der Waals surface area contributed by atoms with Gasteiger partial charge in [0.15, 0.2) is 0 Å². The van der Waals surface area contributed by atoms with Gasteiger partial charge in [-0.05, 0) is 36.1 Å². The number of hydrogen-bond acceptors (Lipinski definition) is 2. The van der Waals surface area contributed by atoms with Crippen LogP contribution >= 0.6 is 15.9 Å². The Balaban J connectivity index is 2.55. The molecule has 1 aromatic rings. The van der Waals surface area contributed by atoms with Crippen LogP contribution in [-0.2, 0) is 11.3 Å². The monoisotopic (exact) mass is 313 g/mol. The molecule has 3 nitrogen and oxygen atoms in total. The molecular weight excluding hydrogens is 294 g/mol. The maximum atomic E-state index is 11.1. The van der Waals surface area contributed by atoms with E-state index in [2.05, 4.69) is 40.3 Å². The summed E-state index contributed by atoms with van der Waals surface area (Å²) in [5, 5.41) is 12.3. The molecule has 0 aliphatic carbocycles. The first-order chi connectivity index (χ1) is 8.41. The Bertz CT molecular complexity index is 418. The van der Waals surface area contributed by atoms with Crippen LogP contribution in [0, 0.1) is 18.8 Å². The van der Waals surface area contributed by atoms with Gasteiger partial charge < -0.3 is 10.4 Å². The second-order valence-electron chi connectivity index (χ2n) is 4.89. The summed E-state index contributed by atoms with van der Waals surface area (Å²) in [5.74, 6) is -0.931. The number of carbonyl (C=O) groups is 1. The minimum Gasteiger partial charge on any atom is -0.481 e. The molecule has 0 radical (unpaired) electrons. The van der Waals surface area contributed by atoms with Crippen molar-refractivity contribution in [2.75, 3.05) is 6.54 Å². The van der Waals surface area contributed by atoms with Gasteiger partial charge in [-0.3, -0.25) is 4.79 Å². The molecule has 1 unspecified atom stereocenters. The lowest BCUT2D eigenvalue weighted by Crippen LogP contribution is -2.31. The Kier molecular flexibility index (Phi) is 5.82. The molecule has 18 heavy (non-hydrogen) atoms. The molecular formula is C14H20BrNO2. The highest BCUT2D eigenvalue weighted by molar-refractivity contribution is 9.10. The Morgan fingerprint density at radius 2 is 2.11 bits per heavy atom. The second-order valence-corrected chi connectivity index (χ2v) is 5.81. The molecule has 4 heteroatoms. The predicted octanol–water partition coefficient (Wildman–Crippen LogP) is 3.20. The Hall–Kier alpha value is -0.870. The largest absolute Gasteiger partial charge is 0.481 e. The molecule has 0 fully saturated rings. The van der Waals surface area contributed by atoms with Gasteiger partial charge >= 0.3 is 5.97 Å². The lowest BCUT2D eigenvalue weighted by atomic mass is 9.96. The fourth-order valence-corrected chi connectivity index (χ4v) is 2.21. The summed E-state index contributed by atoms with van der Waals surface area (Å²) in [4.78, 5) is 11.1. The number of halogens is 1. The van der Waals surface area contributed by atoms with Gasteiger partial charge in [-0.15, -0.1) is 0 Å². The van der Waals surface area contributed by atoms with E-state index in [1.165, 1.54) is 11.1 Å². The summed E-state index contributed by atoms with van der Waals surface area (Å²) in [5.41, 5.74) is 2.40. The zero-order chi connectivity index (χ0) is 13.7. The molecule has 1 rings (SSSR count). The predicted molar refractivity (Wildman–Crippen MR) is 76.5 cm³/mol. The number of aliphatic carboxylic acids is 1. The number of carboxylic acids is 1. The smallest absolute Gasteiger partial charge is 0.308 e. The van der Waals surface area contributed by atoms with E-state index in [9.17, 15) is 4.79 Å². The minimum absolute atomic E-state index is 0.138. The fourth-order valence-electron chi connectivity index (χ4n) is 1.80. The maximum Gasteiger partial charge on any atom is 0.308 e. The van der Waals surface area contributed by atoms with Gasteiger partial charge in [-0.25, -0.2) is 0 Å². The van der Waals surface area contributed by atoms with Crippen molar-refractivity contribution in [2.45, 2.75) is 27.3 Å². The average molecular weight is 314 g/mol. The fraction of sp³-hybridized carbons (Fsp3) is 0.500. The van der Waals surface area contributed by atoms with Crippen molar-refractivity contribution in [3.63, 3.8) is 0 Å². The summed E-state index contributed by atoms with van der Waals surface area (Å²) >= 11 is 3.44. The van der Waals surface area contributed by atoms with Gasteiger partial charge in [-0.1, -0.05) is 35.8 Å². The van der Waals surface area contributed by atoms with Crippen LogP contribution in [0.4, 0.5) is 0 Å². The molecule has 0 aliphatic heterocycles. The molecule has 1 aromatic carbocycles. The maximum absolute atomic E-state index is 11.1. The van der Waals surface area contributed by atoms with Crippen molar-refractivity contribution >= 4 is 21.9 Å². The standard InChI is InChI=1S/C14H20BrNO2/c1-9(2)13(14(17)18)8-16-7-11-6-12(15)5-4-10(11)3/h4-6,9,13,16H,7-8H2,1-3H3,(H,17,18). The molecule has 0 amide bonds. The Labute approximate surface area is 117 Å². The lowest BCUT2D eigenvalue weighted by molar-refractivity contribution is -0.143. The summed E-state index contributed by atoms with van der Waals surface area (Å²) in [6.07, 6.45) is 0. The zero-order valence-electron chi connectivity index (χ0n) is 11.0. The SMILES string of the molecule is Cc1ccc(Br)cc1CNCC(C(=O)O)C(C)C. The number of aryl methyl sites for hydroxylation is 1. The van der Waals surface area contributed by atoms with E-state index in [0.717, 1.165) is 4.47 Å². The third-order valence-electron chi connectivity index (χ3n) is 3.11. The summed E-state index contributed by atoms with van der Waals surface area (Å²) in [6.45, 7) is 7.12. The molecule has 1 atom stereocenters. The van der Waals surface area contributed by atoms with E-state index >= 15 is 0 Å². The van der Waals surface area contributed by atoms with Crippen molar-refractivity contribution in [1.82, 2.24) is 5.32 Å². The van der Waals surface area contributed by atoms with Crippen LogP contribution in [0.25, 0.3) is 0 Å². The second kappa shape index (κ2) is 6.90. The van der Waals surface area contributed by atoms with Gasteiger partial charge in [0.25, 0.3) is 0 Å². The minimum atomic E-state index is -0.733. The number of rotatable bonds is 6. The third kappa shape index (κ3) is 4.42. The molecule has 0 spiro atoms. The zero-order valence-corrected chi connectivity index (χ0v) is 12.6. The molecule has 100 valence electrons. The van der Waals surface area contributed by atoms with Crippen LogP contribution in [0.1, 0.15) is 25.0 Å². The van der Waals surface area contributed by atoms with Crippen LogP contribution in [0.5, 0.6) is 0 Å². The quantitative estimate of drug-likeness (QED) is 0.848. The normalized spacial score (nSPS) is 12.7. The molecule has 0 heterocycles. The van der Waals surface area contributed by atoms with E-state index in [-0.39, 0.29) is 11.8 Å². The first-order valence-electron chi connectivity index (χ1n) is 6.10. The van der Waals surface area contributed by atoms with E-state index in [1.54, 1.807) is 0 Å². The molecule has 0 aliphatic rings. The molecule has 0 saturated carbocycles. The highest BCUT2D eigenvalue weighted by Gasteiger charge is 2.20. The highest BCUT2D eigenvalue weighted by atomic mass is 79.9. The van der Waals surface area contributed by atoms with Crippen molar-refractivity contribution < 1.29 is 9.90 Å². The number of hydrogen-bond donors (Lipinski definition) is 2. The lowest BCUT2D eigenvalue weighted by Gasteiger charge is -2.17. The van der Waals surface area contributed by atoms with Gasteiger partial charge in [0, 0.05) is 17.6 Å². The van der Waals surface area contributed by atoms with E-state index in [1.807, 2.05) is 19.9 Å². The number of benzene rings is 1. The first-order valence-corrected chi connectivity index (χ1v) is 6.89. The summed E-state index contributed by atoms with van der Waals surface area (Å²) in [6, 6.07) is 6.12. The average Bonchev–Trinajstić information content (AvgIpc) is 2.27. The summed E-state index contributed by atoms with van der Waals surface area (Å²) < 4.78 is 1.04. The Morgan fingerprint density at radius 1 is 1.44 bits per heavy atom. The summed E-state index contributed by atoms with van der Waals surface area (Å²) in [7, 11) is 0. The van der Waals surface area contributed by atoms with Gasteiger partial charge in [0.1, 0.15) is 0 Å². The van der Waals surface area contributed by atoms with Gasteiger partial charge in [-0.2, -0.15) is 0 Å². The van der Waals surface area contributed by atoms with Crippen molar-refractivity contribution in [2.24, 2.45) is 11.8 Å². The highest BCUT2D eigenvalue weighted by Crippen LogP contribution is 2.16. The molecule has 0 bridgehead atoms. The van der Waals surface area contributed by atoms with Crippen LogP contribution in [-0.4, -0.2) is 17.6 Å². The van der Waals surface area contributed by atoms with E-state index < -0.39 is 5.97 Å². The molecule has 0 aromatic heterocycles. The Morgan fingerprint density at radius 3 is 2.67 bits per heavy atom. The van der Waals surface area contributed by atoms with Gasteiger partial charge in [0.05, 0.1) is 5.92 Å². The van der Waals surface area contributed by atoms with Crippen LogP contribution < -0.4 is 5.32 Å². The topological polar surface area (TPSA) is 49.3 Å². The van der Waals surface area contributed by atoms with Gasteiger partial charge in [0.2, 0.25) is 0 Å².